The van der Waals surface area contributed by atoms with Gasteiger partial charge in [0.15, 0.2) is 0 Å². The van der Waals surface area contributed by atoms with Crippen molar-refractivity contribution in [1.29, 1.82) is 0 Å². The Kier molecular flexibility index (Phi) is 10.2. The van der Waals surface area contributed by atoms with Crippen LogP contribution in [0.25, 0.3) is 0 Å². The Labute approximate surface area is 242 Å². The van der Waals surface area contributed by atoms with Crippen molar-refractivity contribution >= 4 is 39.1 Å². The molecule has 1 aliphatic carbocycles. The minimum absolute atomic E-state index is 0.0411. The Hall–Kier alpha value is -3.36. The van der Waals surface area contributed by atoms with E-state index in [1.54, 1.807) is 42.5 Å². The fourth-order valence-electron chi connectivity index (χ4n) is 5.13. The lowest BCUT2D eigenvalue weighted by atomic mass is 9.95. The summed E-state index contributed by atoms with van der Waals surface area (Å²) in [6, 6.07) is 23.2. The summed E-state index contributed by atoms with van der Waals surface area (Å²) in [4.78, 5) is 29.2. The van der Waals surface area contributed by atoms with Crippen molar-refractivity contribution in [3.63, 3.8) is 0 Å². The monoisotopic (exact) mass is 581 g/mol. The third kappa shape index (κ3) is 7.23. The van der Waals surface area contributed by atoms with E-state index in [4.69, 9.17) is 11.6 Å². The highest BCUT2D eigenvalue weighted by atomic mass is 35.5. The molecule has 0 spiro atoms. The Morgan fingerprint density at radius 3 is 2.12 bits per heavy atom. The maximum absolute atomic E-state index is 14.1. The highest BCUT2D eigenvalue weighted by Gasteiger charge is 2.35. The number of benzene rings is 3. The van der Waals surface area contributed by atoms with Gasteiger partial charge in [-0.25, -0.2) is 8.42 Å². The summed E-state index contributed by atoms with van der Waals surface area (Å²) in [5.41, 5.74) is 1.04. The first-order valence-electron chi connectivity index (χ1n) is 13.8. The molecule has 212 valence electrons. The summed E-state index contributed by atoms with van der Waals surface area (Å²) in [5.74, 6) is -0.706. The third-order valence-electron chi connectivity index (χ3n) is 7.26. The number of para-hydroxylation sites is 1. The lowest BCUT2D eigenvalue weighted by Crippen LogP contribution is -2.54. The van der Waals surface area contributed by atoms with Crippen LogP contribution in [0.2, 0.25) is 5.02 Å². The molecule has 2 amide bonds. The highest BCUT2D eigenvalue weighted by Crippen LogP contribution is 2.31. The van der Waals surface area contributed by atoms with Gasteiger partial charge in [-0.1, -0.05) is 98.5 Å². The van der Waals surface area contributed by atoms with E-state index in [1.807, 2.05) is 37.3 Å². The molecule has 0 aliphatic heterocycles. The summed E-state index contributed by atoms with van der Waals surface area (Å²) in [5, 5.41) is 3.36. The standard InChI is InChI=1S/C31H36ClN3O4S/c1-2-28(31(37)33-25-16-8-4-9-17-25)34(22-24-14-6-3-7-15-24)30(36)23-35(29-21-13-12-20-27(29)32)40(38,39)26-18-10-5-11-19-26/h3,5-7,10-15,18-21,25,28H,2,4,8-9,16-17,22-23H2,1H3,(H,33,37)/t28-/m0/s1. The smallest absolute Gasteiger partial charge is 0.264 e. The second kappa shape index (κ2) is 13.8. The van der Waals surface area contributed by atoms with Gasteiger partial charge in [-0.15, -0.1) is 0 Å². The van der Waals surface area contributed by atoms with Crippen LogP contribution >= 0.6 is 11.6 Å². The molecule has 40 heavy (non-hydrogen) atoms. The zero-order valence-corrected chi connectivity index (χ0v) is 24.3. The Morgan fingerprint density at radius 2 is 1.50 bits per heavy atom. The zero-order valence-electron chi connectivity index (χ0n) is 22.7. The Balaban J connectivity index is 1.69. The van der Waals surface area contributed by atoms with Gasteiger partial charge in [0.2, 0.25) is 11.8 Å². The molecule has 3 aromatic rings. The molecule has 1 saturated carbocycles. The summed E-state index contributed by atoms with van der Waals surface area (Å²) < 4.78 is 28.7. The normalized spacial score (nSPS) is 14.8. The minimum Gasteiger partial charge on any atom is -0.352 e. The summed E-state index contributed by atoms with van der Waals surface area (Å²) in [7, 11) is -4.15. The zero-order chi connectivity index (χ0) is 28.5. The number of hydrogen-bond donors (Lipinski definition) is 1. The van der Waals surface area contributed by atoms with Crippen LogP contribution in [0.3, 0.4) is 0 Å². The number of sulfonamides is 1. The molecule has 0 radical (unpaired) electrons. The van der Waals surface area contributed by atoms with Gasteiger partial charge >= 0.3 is 0 Å². The third-order valence-corrected chi connectivity index (χ3v) is 9.36. The number of carbonyl (C=O) groups is 2. The van der Waals surface area contributed by atoms with E-state index in [2.05, 4.69) is 5.32 Å². The van der Waals surface area contributed by atoms with Crippen molar-refractivity contribution < 1.29 is 18.0 Å². The molecular weight excluding hydrogens is 546 g/mol. The number of amides is 2. The molecule has 9 heteroatoms. The highest BCUT2D eigenvalue weighted by molar-refractivity contribution is 7.92. The second-order valence-corrected chi connectivity index (χ2v) is 12.3. The van der Waals surface area contributed by atoms with Crippen LogP contribution in [-0.4, -0.2) is 43.8 Å². The van der Waals surface area contributed by atoms with Gasteiger partial charge in [0.25, 0.3) is 10.0 Å². The van der Waals surface area contributed by atoms with Crippen molar-refractivity contribution in [2.75, 3.05) is 10.8 Å². The van der Waals surface area contributed by atoms with Gasteiger partial charge in [-0.05, 0) is 49.1 Å². The number of rotatable bonds is 11. The van der Waals surface area contributed by atoms with Crippen molar-refractivity contribution in [2.45, 2.75) is 69.0 Å². The SMILES string of the molecule is CC[C@@H](C(=O)NC1CCCCC1)N(Cc1ccccc1)C(=O)CN(c1ccccc1Cl)S(=O)(=O)c1ccccc1. The van der Waals surface area contributed by atoms with E-state index in [0.29, 0.717) is 6.42 Å². The molecule has 3 aromatic carbocycles. The summed E-state index contributed by atoms with van der Waals surface area (Å²) in [6.07, 6.45) is 5.52. The fourth-order valence-corrected chi connectivity index (χ4v) is 6.87. The molecular formula is C31H36ClN3O4S. The number of halogens is 1. The first-order chi connectivity index (χ1) is 19.3. The quantitative estimate of drug-likeness (QED) is 0.310. The number of anilines is 1. The topological polar surface area (TPSA) is 86.8 Å². The molecule has 1 N–H and O–H groups in total. The predicted molar refractivity (Wildman–Crippen MR) is 159 cm³/mol. The number of nitrogens with zero attached hydrogens (tertiary/aromatic N) is 2. The first kappa shape index (κ1) is 29.6. The maximum Gasteiger partial charge on any atom is 0.264 e. The summed E-state index contributed by atoms with van der Waals surface area (Å²) in [6.45, 7) is 1.52. The number of carbonyl (C=O) groups excluding carboxylic acids is 2. The Morgan fingerprint density at radius 1 is 0.900 bits per heavy atom. The second-order valence-electron chi connectivity index (χ2n) is 10.1. The van der Waals surface area contributed by atoms with Crippen LogP contribution in [0.15, 0.2) is 89.8 Å². The van der Waals surface area contributed by atoms with Crippen LogP contribution < -0.4 is 9.62 Å². The van der Waals surface area contributed by atoms with Gasteiger partial charge in [0.05, 0.1) is 15.6 Å². The molecule has 1 aliphatic rings. The fraction of sp³-hybridized carbons (Fsp3) is 0.355. The van der Waals surface area contributed by atoms with E-state index in [9.17, 15) is 18.0 Å². The van der Waals surface area contributed by atoms with Crippen LogP contribution in [0.1, 0.15) is 51.0 Å². The van der Waals surface area contributed by atoms with Crippen molar-refractivity contribution in [1.82, 2.24) is 10.2 Å². The van der Waals surface area contributed by atoms with Gasteiger partial charge in [-0.2, -0.15) is 0 Å². The van der Waals surface area contributed by atoms with Crippen LogP contribution in [-0.2, 0) is 26.2 Å². The molecule has 4 rings (SSSR count). The van der Waals surface area contributed by atoms with Gasteiger partial charge in [-0.3, -0.25) is 13.9 Å². The van der Waals surface area contributed by atoms with Crippen LogP contribution in [0.4, 0.5) is 5.69 Å². The number of hydrogen-bond acceptors (Lipinski definition) is 4. The average molecular weight is 582 g/mol. The minimum atomic E-state index is -4.15. The van der Waals surface area contributed by atoms with E-state index < -0.39 is 28.5 Å². The maximum atomic E-state index is 14.1. The van der Waals surface area contributed by atoms with E-state index in [-0.39, 0.29) is 34.1 Å². The lowest BCUT2D eigenvalue weighted by molar-refractivity contribution is -0.140. The van der Waals surface area contributed by atoms with Crippen molar-refractivity contribution in [3.05, 3.63) is 95.5 Å². The first-order valence-corrected chi connectivity index (χ1v) is 15.6. The van der Waals surface area contributed by atoms with Gasteiger partial charge in [0.1, 0.15) is 12.6 Å². The average Bonchev–Trinajstić information content (AvgIpc) is 2.97. The molecule has 0 heterocycles. The number of nitrogens with one attached hydrogen (secondary N) is 1. The van der Waals surface area contributed by atoms with Gasteiger partial charge < -0.3 is 10.2 Å². The van der Waals surface area contributed by atoms with E-state index in [1.165, 1.54) is 17.0 Å². The molecule has 0 unspecified atom stereocenters. The van der Waals surface area contributed by atoms with E-state index in [0.717, 1.165) is 42.0 Å². The molecule has 0 saturated heterocycles. The molecule has 0 aromatic heterocycles. The molecule has 1 fully saturated rings. The van der Waals surface area contributed by atoms with Crippen molar-refractivity contribution in [2.24, 2.45) is 0 Å². The Bertz CT molecular complexity index is 1380. The lowest BCUT2D eigenvalue weighted by Gasteiger charge is -2.34. The van der Waals surface area contributed by atoms with Gasteiger partial charge in [0, 0.05) is 12.6 Å². The predicted octanol–water partition coefficient (Wildman–Crippen LogP) is 5.79. The largest absolute Gasteiger partial charge is 0.352 e. The van der Waals surface area contributed by atoms with Crippen LogP contribution in [0.5, 0.6) is 0 Å². The molecule has 7 nitrogen and oxygen atoms in total. The van der Waals surface area contributed by atoms with E-state index >= 15 is 0 Å². The van der Waals surface area contributed by atoms with Crippen molar-refractivity contribution in [3.8, 4) is 0 Å². The molecule has 0 bridgehead atoms. The van der Waals surface area contributed by atoms with Crippen LogP contribution in [0, 0.1) is 0 Å². The molecule has 1 atom stereocenters. The summed E-state index contributed by atoms with van der Waals surface area (Å²) >= 11 is 6.46.